The van der Waals surface area contributed by atoms with Gasteiger partial charge in [-0.1, -0.05) is 34.8 Å². The summed E-state index contributed by atoms with van der Waals surface area (Å²) in [6, 6.07) is 1.46. The lowest BCUT2D eigenvalue weighted by Gasteiger charge is -2.09. The van der Waals surface area contributed by atoms with E-state index in [-0.39, 0.29) is 28.6 Å². The van der Waals surface area contributed by atoms with E-state index in [0.717, 1.165) is 0 Å². The van der Waals surface area contributed by atoms with Crippen molar-refractivity contribution in [3.63, 3.8) is 0 Å². The van der Waals surface area contributed by atoms with Gasteiger partial charge in [0, 0.05) is 11.4 Å². The molecule has 0 atom stereocenters. The molecule has 0 unspecified atom stereocenters. The Kier molecular flexibility index (Phi) is 4.08. The minimum absolute atomic E-state index is 0.0550. The van der Waals surface area contributed by atoms with E-state index in [1.165, 1.54) is 6.07 Å². The van der Waals surface area contributed by atoms with Crippen molar-refractivity contribution in [1.82, 2.24) is 0 Å². The molecule has 0 fully saturated rings. The van der Waals surface area contributed by atoms with Crippen molar-refractivity contribution in [2.24, 2.45) is 0 Å². The standard InChI is InChI=1S/C9H8Cl3NO2/c10-5-3-6(11)9(13)8(12)4(5)1-2-7(14)15/h3H,1-2,13H2,(H,14,15). The molecule has 15 heavy (non-hydrogen) atoms. The molecule has 0 bridgehead atoms. The summed E-state index contributed by atoms with van der Waals surface area (Å²) < 4.78 is 0. The monoisotopic (exact) mass is 267 g/mol. The summed E-state index contributed by atoms with van der Waals surface area (Å²) in [6.45, 7) is 0. The Morgan fingerprint density at radius 1 is 1.33 bits per heavy atom. The van der Waals surface area contributed by atoms with Crippen LogP contribution >= 0.6 is 34.8 Å². The maximum absolute atomic E-state index is 10.4. The van der Waals surface area contributed by atoms with Crippen LogP contribution in [-0.2, 0) is 11.2 Å². The van der Waals surface area contributed by atoms with Crippen LogP contribution in [0.5, 0.6) is 0 Å². The van der Waals surface area contributed by atoms with Crippen LogP contribution in [0.3, 0.4) is 0 Å². The van der Waals surface area contributed by atoms with Crippen LogP contribution in [0.4, 0.5) is 5.69 Å². The number of hydrogen-bond donors (Lipinski definition) is 2. The Bertz CT molecular complexity index is 407. The van der Waals surface area contributed by atoms with Crippen LogP contribution in [0.25, 0.3) is 0 Å². The number of nitrogen functional groups attached to an aromatic ring is 1. The van der Waals surface area contributed by atoms with E-state index in [2.05, 4.69) is 0 Å². The Morgan fingerprint density at radius 3 is 2.47 bits per heavy atom. The van der Waals surface area contributed by atoms with Crippen LogP contribution in [-0.4, -0.2) is 11.1 Å². The highest BCUT2D eigenvalue weighted by molar-refractivity contribution is 6.42. The average Bonchev–Trinajstić information content (AvgIpc) is 2.14. The maximum atomic E-state index is 10.4. The fourth-order valence-corrected chi connectivity index (χ4v) is 2.06. The molecule has 3 N–H and O–H groups in total. The van der Waals surface area contributed by atoms with E-state index in [1.54, 1.807) is 0 Å². The zero-order valence-corrected chi connectivity index (χ0v) is 9.83. The Balaban J connectivity index is 3.07. The number of nitrogens with two attached hydrogens (primary N) is 1. The minimum Gasteiger partial charge on any atom is -0.481 e. The van der Waals surface area contributed by atoms with Gasteiger partial charge in [0.05, 0.1) is 15.7 Å². The van der Waals surface area contributed by atoms with Crippen molar-refractivity contribution >= 4 is 46.5 Å². The smallest absolute Gasteiger partial charge is 0.303 e. The maximum Gasteiger partial charge on any atom is 0.303 e. The topological polar surface area (TPSA) is 63.3 Å². The van der Waals surface area contributed by atoms with E-state index in [1.807, 2.05) is 0 Å². The zero-order valence-electron chi connectivity index (χ0n) is 7.56. The van der Waals surface area contributed by atoms with Gasteiger partial charge in [-0.15, -0.1) is 0 Å². The third kappa shape index (κ3) is 2.91. The quantitative estimate of drug-likeness (QED) is 0.827. The van der Waals surface area contributed by atoms with Gasteiger partial charge in [-0.2, -0.15) is 0 Å². The van der Waals surface area contributed by atoms with Crippen LogP contribution in [0.15, 0.2) is 6.07 Å². The summed E-state index contributed by atoms with van der Waals surface area (Å²) in [4.78, 5) is 10.4. The lowest BCUT2D eigenvalue weighted by molar-refractivity contribution is -0.136. The van der Waals surface area contributed by atoms with E-state index >= 15 is 0 Å². The molecule has 1 aromatic carbocycles. The van der Waals surface area contributed by atoms with Crippen molar-refractivity contribution in [2.45, 2.75) is 12.8 Å². The van der Waals surface area contributed by atoms with Crippen LogP contribution in [0.2, 0.25) is 15.1 Å². The van der Waals surface area contributed by atoms with Gasteiger partial charge in [0.25, 0.3) is 0 Å². The zero-order chi connectivity index (χ0) is 11.6. The number of carboxylic acids is 1. The van der Waals surface area contributed by atoms with E-state index in [4.69, 9.17) is 45.6 Å². The van der Waals surface area contributed by atoms with Crippen LogP contribution in [0, 0.1) is 0 Å². The first-order valence-electron chi connectivity index (χ1n) is 4.07. The van der Waals surface area contributed by atoms with E-state index in [0.29, 0.717) is 10.6 Å². The van der Waals surface area contributed by atoms with Gasteiger partial charge >= 0.3 is 5.97 Å². The molecule has 82 valence electrons. The summed E-state index contributed by atoms with van der Waals surface area (Å²) in [6.07, 6.45) is 0.175. The number of hydrogen-bond acceptors (Lipinski definition) is 2. The van der Waals surface area contributed by atoms with Crippen molar-refractivity contribution in [3.8, 4) is 0 Å². The number of anilines is 1. The molecule has 3 nitrogen and oxygen atoms in total. The summed E-state index contributed by atoms with van der Waals surface area (Å²) >= 11 is 17.5. The second kappa shape index (κ2) is 4.92. The summed E-state index contributed by atoms with van der Waals surface area (Å²) in [5.74, 6) is -0.921. The second-order valence-corrected chi connectivity index (χ2v) is 4.13. The molecule has 0 aliphatic carbocycles. The predicted molar refractivity (Wildman–Crippen MR) is 61.8 cm³/mol. The SMILES string of the molecule is Nc1c(Cl)cc(Cl)c(CCC(=O)O)c1Cl. The average molecular weight is 269 g/mol. The summed E-state index contributed by atoms with van der Waals surface area (Å²) in [5, 5.41) is 9.37. The lowest BCUT2D eigenvalue weighted by Crippen LogP contribution is -2.00. The predicted octanol–water partition coefficient (Wildman–Crippen LogP) is 3.25. The normalized spacial score (nSPS) is 10.3. The highest BCUT2D eigenvalue weighted by atomic mass is 35.5. The molecule has 0 aliphatic rings. The van der Waals surface area contributed by atoms with E-state index < -0.39 is 5.97 Å². The Labute approximate surface area is 102 Å². The molecule has 0 amide bonds. The molecule has 0 aromatic heterocycles. The molecule has 6 heteroatoms. The number of halogens is 3. The lowest BCUT2D eigenvalue weighted by atomic mass is 10.1. The Hall–Kier alpha value is -0.640. The number of carbonyl (C=O) groups is 1. The molecule has 0 heterocycles. The molecule has 0 saturated heterocycles. The molecule has 0 saturated carbocycles. The minimum atomic E-state index is -0.921. The largest absolute Gasteiger partial charge is 0.481 e. The highest BCUT2D eigenvalue weighted by Gasteiger charge is 2.13. The van der Waals surface area contributed by atoms with Gasteiger partial charge < -0.3 is 10.8 Å². The molecule has 1 rings (SSSR count). The van der Waals surface area contributed by atoms with Gasteiger partial charge in [0.1, 0.15) is 0 Å². The third-order valence-electron chi connectivity index (χ3n) is 1.89. The molecular weight excluding hydrogens is 260 g/mol. The first-order valence-corrected chi connectivity index (χ1v) is 5.20. The number of carboxylic acid groups (broad SMARTS) is 1. The number of benzene rings is 1. The molecule has 0 radical (unpaired) electrons. The second-order valence-electron chi connectivity index (χ2n) is 2.94. The first kappa shape index (κ1) is 12.4. The highest BCUT2D eigenvalue weighted by Crippen LogP contribution is 2.36. The van der Waals surface area contributed by atoms with Gasteiger partial charge in [0.15, 0.2) is 0 Å². The molecule has 0 aliphatic heterocycles. The molecule has 1 aromatic rings. The third-order valence-corrected chi connectivity index (χ3v) is 2.97. The van der Waals surface area contributed by atoms with Gasteiger partial charge in [-0.3, -0.25) is 4.79 Å². The Morgan fingerprint density at radius 2 is 1.93 bits per heavy atom. The van der Waals surface area contributed by atoms with Crippen molar-refractivity contribution in [3.05, 3.63) is 26.7 Å². The first-order chi connectivity index (χ1) is 6.93. The van der Waals surface area contributed by atoms with Gasteiger partial charge in [-0.05, 0) is 18.1 Å². The van der Waals surface area contributed by atoms with E-state index in [9.17, 15) is 4.79 Å². The number of aliphatic carboxylic acids is 1. The van der Waals surface area contributed by atoms with Crippen molar-refractivity contribution < 1.29 is 9.90 Å². The van der Waals surface area contributed by atoms with Gasteiger partial charge in [-0.25, -0.2) is 0 Å². The molecular formula is C9H8Cl3NO2. The van der Waals surface area contributed by atoms with Crippen molar-refractivity contribution in [2.75, 3.05) is 5.73 Å². The fraction of sp³-hybridized carbons (Fsp3) is 0.222. The van der Waals surface area contributed by atoms with Gasteiger partial charge in [0.2, 0.25) is 0 Å². The van der Waals surface area contributed by atoms with Crippen LogP contribution < -0.4 is 5.73 Å². The van der Waals surface area contributed by atoms with Crippen molar-refractivity contribution in [1.29, 1.82) is 0 Å². The summed E-state index contributed by atoms with van der Waals surface area (Å²) in [7, 11) is 0. The molecule has 0 spiro atoms. The number of rotatable bonds is 3. The van der Waals surface area contributed by atoms with Crippen LogP contribution in [0.1, 0.15) is 12.0 Å². The fourth-order valence-electron chi connectivity index (χ4n) is 1.11. The summed E-state index contributed by atoms with van der Waals surface area (Å²) in [5.41, 5.74) is 6.33.